The van der Waals surface area contributed by atoms with Crippen LogP contribution in [0.2, 0.25) is 0 Å². The van der Waals surface area contributed by atoms with Crippen LogP contribution in [-0.2, 0) is 4.79 Å². The van der Waals surface area contributed by atoms with Gasteiger partial charge < -0.3 is 5.73 Å². The monoisotopic (exact) mass is 239 g/mol. The van der Waals surface area contributed by atoms with Crippen LogP contribution in [-0.4, -0.2) is 11.0 Å². The first-order valence-corrected chi connectivity index (χ1v) is 4.78. The van der Waals surface area contributed by atoms with Gasteiger partial charge in [0, 0.05) is 11.6 Å². The second kappa shape index (κ2) is 5.82. The highest BCUT2D eigenvalue weighted by Crippen LogP contribution is 2.07. The van der Waals surface area contributed by atoms with E-state index in [1.165, 1.54) is 18.2 Å². The number of thiocarbonyl (C=S) groups is 1. The molecule has 0 saturated heterocycles. The Labute approximate surface area is 97.3 Å². The fourth-order valence-electron chi connectivity index (χ4n) is 0.941. The van der Waals surface area contributed by atoms with Gasteiger partial charge in [0.2, 0.25) is 0 Å². The van der Waals surface area contributed by atoms with Crippen LogP contribution in [0.25, 0.3) is 6.08 Å². The number of rotatable bonds is 2. The summed E-state index contributed by atoms with van der Waals surface area (Å²) in [4.78, 5) is 11.1. The van der Waals surface area contributed by atoms with E-state index < -0.39 is 11.7 Å². The molecule has 0 bridgehead atoms. The molecule has 4 N–H and O–H groups in total. The number of amides is 1. The van der Waals surface area contributed by atoms with E-state index in [-0.39, 0.29) is 5.11 Å². The summed E-state index contributed by atoms with van der Waals surface area (Å²) in [5.41, 5.74) is 9.89. The Kier molecular flexibility index (Phi) is 4.41. The summed E-state index contributed by atoms with van der Waals surface area (Å²) < 4.78 is 13.1. The summed E-state index contributed by atoms with van der Waals surface area (Å²) in [5.74, 6) is -0.870. The van der Waals surface area contributed by atoms with Crippen molar-refractivity contribution in [1.82, 2.24) is 10.9 Å². The number of hydrogen-bond donors (Lipinski definition) is 3. The molecule has 0 radical (unpaired) electrons. The maximum Gasteiger partial charge on any atom is 0.262 e. The first-order chi connectivity index (χ1) is 7.59. The van der Waals surface area contributed by atoms with Crippen molar-refractivity contribution in [3.8, 4) is 0 Å². The lowest BCUT2D eigenvalue weighted by atomic mass is 10.2. The third-order valence-electron chi connectivity index (χ3n) is 1.63. The molecule has 0 aliphatic heterocycles. The number of carbonyl (C=O) groups excluding carboxylic acids is 1. The Morgan fingerprint density at radius 2 is 2.06 bits per heavy atom. The molecule has 1 amide bonds. The molecule has 0 spiro atoms. The zero-order valence-corrected chi connectivity index (χ0v) is 9.05. The molecule has 1 aromatic carbocycles. The third-order valence-corrected chi connectivity index (χ3v) is 1.73. The van der Waals surface area contributed by atoms with Crippen molar-refractivity contribution in [3.63, 3.8) is 0 Å². The van der Waals surface area contributed by atoms with E-state index in [1.54, 1.807) is 18.2 Å². The van der Waals surface area contributed by atoms with Crippen LogP contribution in [0, 0.1) is 5.82 Å². The largest absolute Gasteiger partial charge is 0.375 e. The van der Waals surface area contributed by atoms with E-state index in [4.69, 9.17) is 5.73 Å². The van der Waals surface area contributed by atoms with E-state index in [0.29, 0.717) is 5.56 Å². The summed E-state index contributed by atoms with van der Waals surface area (Å²) >= 11 is 4.48. The number of carbonyl (C=O) groups is 1. The highest BCUT2D eigenvalue weighted by atomic mass is 32.1. The van der Waals surface area contributed by atoms with Crippen molar-refractivity contribution < 1.29 is 9.18 Å². The molecular formula is C10H10FN3OS. The first kappa shape index (κ1) is 12.1. The molecule has 16 heavy (non-hydrogen) atoms. The van der Waals surface area contributed by atoms with Crippen LogP contribution < -0.4 is 16.6 Å². The van der Waals surface area contributed by atoms with Crippen LogP contribution in [0.1, 0.15) is 5.56 Å². The van der Waals surface area contributed by atoms with E-state index in [1.807, 2.05) is 0 Å². The predicted octanol–water partition coefficient (Wildman–Crippen LogP) is 0.703. The molecule has 0 atom stereocenters. The summed E-state index contributed by atoms with van der Waals surface area (Å²) in [6, 6.07) is 6.11. The molecule has 0 saturated carbocycles. The third kappa shape index (κ3) is 4.05. The zero-order chi connectivity index (χ0) is 12.0. The quantitative estimate of drug-likeness (QED) is 0.404. The van der Waals surface area contributed by atoms with Gasteiger partial charge >= 0.3 is 0 Å². The maximum absolute atomic E-state index is 13.1. The molecule has 6 heteroatoms. The second-order valence-corrected chi connectivity index (χ2v) is 3.27. The van der Waals surface area contributed by atoms with E-state index >= 15 is 0 Å². The fraction of sp³-hybridized carbons (Fsp3) is 0. The van der Waals surface area contributed by atoms with Crippen molar-refractivity contribution >= 4 is 29.3 Å². The number of halogens is 1. The van der Waals surface area contributed by atoms with Crippen molar-refractivity contribution in [2.24, 2.45) is 5.73 Å². The number of nitrogens with two attached hydrogens (primary N) is 1. The predicted molar refractivity (Wildman–Crippen MR) is 63.5 cm³/mol. The fourth-order valence-corrected chi connectivity index (χ4v) is 0.992. The molecule has 0 fully saturated rings. The van der Waals surface area contributed by atoms with Gasteiger partial charge in [-0.15, -0.1) is 0 Å². The molecule has 4 nitrogen and oxygen atoms in total. The minimum absolute atomic E-state index is 0.0485. The first-order valence-electron chi connectivity index (χ1n) is 4.37. The number of hydrazine groups is 1. The number of hydrogen-bond acceptors (Lipinski definition) is 2. The molecule has 0 heterocycles. The van der Waals surface area contributed by atoms with E-state index in [0.717, 1.165) is 0 Å². The van der Waals surface area contributed by atoms with Crippen LogP contribution in [0.15, 0.2) is 30.3 Å². The van der Waals surface area contributed by atoms with Crippen LogP contribution in [0.4, 0.5) is 4.39 Å². The van der Waals surface area contributed by atoms with Gasteiger partial charge in [0.15, 0.2) is 5.11 Å². The van der Waals surface area contributed by atoms with Gasteiger partial charge in [0.25, 0.3) is 5.91 Å². The maximum atomic E-state index is 13.1. The van der Waals surface area contributed by atoms with Gasteiger partial charge in [-0.05, 0) is 24.4 Å². The van der Waals surface area contributed by atoms with Crippen molar-refractivity contribution in [3.05, 3.63) is 41.7 Å². The minimum atomic E-state index is -0.476. The standard InChI is InChI=1S/C10H10FN3OS/c11-8-4-2-1-3-7(8)5-6-9(15)13-14-10(12)16/h1-6H,(H,13,15)(H3,12,14,16)/b6-5+. The average Bonchev–Trinajstić information content (AvgIpc) is 2.25. The molecule has 0 aliphatic rings. The SMILES string of the molecule is NC(=S)NNC(=O)/C=C/c1ccccc1F. The lowest BCUT2D eigenvalue weighted by Crippen LogP contribution is -2.43. The Balaban J connectivity index is 2.57. The average molecular weight is 239 g/mol. The normalized spacial score (nSPS) is 10.1. The Morgan fingerprint density at radius 3 is 2.69 bits per heavy atom. The summed E-state index contributed by atoms with van der Waals surface area (Å²) in [5, 5.41) is -0.0485. The minimum Gasteiger partial charge on any atom is -0.375 e. The highest BCUT2D eigenvalue weighted by molar-refractivity contribution is 7.80. The number of benzene rings is 1. The Bertz CT molecular complexity index is 434. The molecule has 1 rings (SSSR count). The summed E-state index contributed by atoms with van der Waals surface area (Å²) in [6.45, 7) is 0. The van der Waals surface area contributed by atoms with Gasteiger partial charge in [0.05, 0.1) is 0 Å². The lowest BCUT2D eigenvalue weighted by molar-refractivity contribution is -0.116. The van der Waals surface area contributed by atoms with Crippen molar-refractivity contribution in [2.45, 2.75) is 0 Å². The second-order valence-electron chi connectivity index (χ2n) is 2.83. The van der Waals surface area contributed by atoms with Gasteiger partial charge in [-0.1, -0.05) is 18.2 Å². The lowest BCUT2D eigenvalue weighted by Gasteiger charge is -2.02. The Morgan fingerprint density at radius 1 is 1.38 bits per heavy atom. The molecular weight excluding hydrogens is 229 g/mol. The molecule has 0 aromatic heterocycles. The van der Waals surface area contributed by atoms with Crippen molar-refractivity contribution in [1.29, 1.82) is 0 Å². The molecule has 84 valence electrons. The van der Waals surface area contributed by atoms with E-state index in [2.05, 4.69) is 23.1 Å². The summed E-state index contributed by atoms with van der Waals surface area (Å²) in [6.07, 6.45) is 2.52. The zero-order valence-electron chi connectivity index (χ0n) is 8.24. The smallest absolute Gasteiger partial charge is 0.262 e. The van der Waals surface area contributed by atoms with E-state index in [9.17, 15) is 9.18 Å². The van der Waals surface area contributed by atoms with Gasteiger partial charge in [0.1, 0.15) is 5.82 Å². The topological polar surface area (TPSA) is 67.2 Å². The molecule has 1 aromatic rings. The highest BCUT2D eigenvalue weighted by Gasteiger charge is 1.97. The summed E-state index contributed by atoms with van der Waals surface area (Å²) in [7, 11) is 0. The van der Waals surface area contributed by atoms with Crippen LogP contribution in [0.5, 0.6) is 0 Å². The van der Waals surface area contributed by atoms with Crippen LogP contribution in [0.3, 0.4) is 0 Å². The number of nitrogens with one attached hydrogen (secondary N) is 2. The molecule has 0 unspecified atom stereocenters. The van der Waals surface area contributed by atoms with Crippen molar-refractivity contribution in [2.75, 3.05) is 0 Å². The van der Waals surface area contributed by atoms with Gasteiger partial charge in [-0.2, -0.15) is 0 Å². The van der Waals surface area contributed by atoms with Crippen LogP contribution >= 0.6 is 12.2 Å². The van der Waals surface area contributed by atoms with Gasteiger partial charge in [-0.25, -0.2) is 4.39 Å². The Hall–Kier alpha value is -1.95. The molecule has 0 aliphatic carbocycles. The van der Waals surface area contributed by atoms with Gasteiger partial charge in [-0.3, -0.25) is 15.6 Å².